The van der Waals surface area contributed by atoms with Crippen molar-refractivity contribution in [2.24, 2.45) is 5.92 Å². The maximum Gasteiger partial charge on any atom is 0.168 e. The highest BCUT2D eigenvalue weighted by Crippen LogP contribution is 2.19. The number of halogens is 1. The summed E-state index contributed by atoms with van der Waals surface area (Å²) in [6, 6.07) is 7.11. The van der Waals surface area contributed by atoms with E-state index in [-0.39, 0.29) is 11.7 Å². The van der Waals surface area contributed by atoms with E-state index in [2.05, 4.69) is 15.9 Å². The molecule has 1 rings (SSSR count). The summed E-state index contributed by atoms with van der Waals surface area (Å²) in [5.41, 5.74) is 0.645. The van der Waals surface area contributed by atoms with E-state index in [1.165, 1.54) is 0 Å². The fourth-order valence-electron chi connectivity index (χ4n) is 1.13. The van der Waals surface area contributed by atoms with Crippen LogP contribution in [-0.2, 0) is 4.79 Å². The summed E-state index contributed by atoms with van der Waals surface area (Å²) in [7, 11) is 0. The first-order valence-corrected chi connectivity index (χ1v) is 5.29. The van der Waals surface area contributed by atoms with Crippen LogP contribution in [-0.4, -0.2) is 10.9 Å². The van der Waals surface area contributed by atoms with E-state index in [0.717, 1.165) is 4.47 Å². The minimum Gasteiger partial charge on any atom is -0.381 e. The van der Waals surface area contributed by atoms with Gasteiger partial charge in [0.2, 0.25) is 0 Å². The van der Waals surface area contributed by atoms with Gasteiger partial charge in [-0.1, -0.05) is 41.9 Å². The topological polar surface area (TPSA) is 37.3 Å². The number of aliphatic hydroxyl groups is 1. The minimum atomic E-state index is -0.997. The zero-order valence-electron chi connectivity index (χ0n) is 8.20. The molecule has 0 aliphatic carbocycles. The van der Waals surface area contributed by atoms with Crippen LogP contribution < -0.4 is 0 Å². The molecule has 1 aromatic rings. The van der Waals surface area contributed by atoms with E-state index < -0.39 is 6.10 Å². The van der Waals surface area contributed by atoms with Crippen LogP contribution in [0.1, 0.15) is 25.5 Å². The van der Waals surface area contributed by atoms with E-state index in [0.29, 0.717) is 5.56 Å². The molecule has 1 N–H and O–H groups in total. The second kappa shape index (κ2) is 4.71. The molecule has 0 saturated carbocycles. The zero-order chi connectivity index (χ0) is 10.7. The van der Waals surface area contributed by atoms with Gasteiger partial charge in [0.05, 0.1) is 0 Å². The Hall–Kier alpha value is -0.670. The van der Waals surface area contributed by atoms with E-state index in [1.54, 1.807) is 26.0 Å². The van der Waals surface area contributed by atoms with Crippen LogP contribution in [0.15, 0.2) is 28.7 Å². The normalized spacial score (nSPS) is 12.9. The molecule has 0 bridgehead atoms. The maximum atomic E-state index is 11.5. The first-order valence-electron chi connectivity index (χ1n) is 4.49. The molecular weight excluding hydrogens is 244 g/mol. The molecule has 2 nitrogen and oxygen atoms in total. The Bertz CT molecular complexity index is 317. The number of ketones is 1. The molecule has 0 saturated heterocycles. The molecule has 76 valence electrons. The van der Waals surface area contributed by atoms with Gasteiger partial charge in [-0.3, -0.25) is 4.79 Å². The number of rotatable bonds is 3. The van der Waals surface area contributed by atoms with Crippen molar-refractivity contribution < 1.29 is 9.90 Å². The molecule has 1 aromatic carbocycles. The predicted molar refractivity (Wildman–Crippen MR) is 58.9 cm³/mol. The average Bonchev–Trinajstić information content (AvgIpc) is 2.16. The minimum absolute atomic E-state index is 0.145. The third-order valence-electron chi connectivity index (χ3n) is 2.02. The molecule has 0 aromatic heterocycles. The Morgan fingerprint density at radius 3 is 2.21 bits per heavy atom. The Labute approximate surface area is 92.1 Å². The summed E-state index contributed by atoms with van der Waals surface area (Å²) >= 11 is 3.29. The van der Waals surface area contributed by atoms with Gasteiger partial charge >= 0.3 is 0 Å². The molecule has 0 aliphatic rings. The van der Waals surface area contributed by atoms with Crippen molar-refractivity contribution in [3.05, 3.63) is 34.3 Å². The van der Waals surface area contributed by atoms with Crippen LogP contribution in [0.4, 0.5) is 0 Å². The Morgan fingerprint density at radius 1 is 1.29 bits per heavy atom. The summed E-state index contributed by atoms with van der Waals surface area (Å²) < 4.78 is 0.936. The Kier molecular flexibility index (Phi) is 3.84. The van der Waals surface area contributed by atoms with Crippen molar-refractivity contribution in [1.82, 2.24) is 0 Å². The van der Waals surface area contributed by atoms with Crippen LogP contribution in [0, 0.1) is 5.92 Å². The lowest BCUT2D eigenvalue weighted by atomic mass is 9.98. The average molecular weight is 257 g/mol. The van der Waals surface area contributed by atoms with Crippen molar-refractivity contribution in [2.45, 2.75) is 20.0 Å². The molecule has 0 heterocycles. The number of carbonyl (C=O) groups is 1. The quantitative estimate of drug-likeness (QED) is 0.903. The number of Topliss-reactive ketones (excluding diaryl/α,β-unsaturated/α-hetero) is 1. The number of benzene rings is 1. The van der Waals surface area contributed by atoms with Crippen LogP contribution in [0.5, 0.6) is 0 Å². The summed E-state index contributed by atoms with van der Waals surface area (Å²) in [5.74, 6) is -0.291. The summed E-state index contributed by atoms with van der Waals surface area (Å²) in [4.78, 5) is 11.5. The fourth-order valence-corrected chi connectivity index (χ4v) is 1.39. The van der Waals surface area contributed by atoms with Gasteiger partial charge in [0.1, 0.15) is 6.10 Å². The first kappa shape index (κ1) is 11.4. The van der Waals surface area contributed by atoms with Crippen LogP contribution in [0.3, 0.4) is 0 Å². The Balaban J connectivity index is 2.84. The third kappa shape index (κ3) is 2.66. The molecule has 1 atom stereocenters. The highest BCUT2D eigenvalue weighted by molar-refractivity contribution is 9.10. The van der Waals surface area contributed by atoms with Gasteiger partial charge in [0, 0.05) is 10.4 Å². The van der Waals surface area contributed by atoms with Gasteiger partial charge in [-0.05, 0) is 17.7 Å². The fraction of sp³-hybridized carbons (Fsp3) is 0.364. The molecular formula is C11H13BrO2. The second-order valence-electron chi connectivity index (χ2n) is 3.51. The van der Waals surface area contributed by atoms with E-state index in [1.807, 2.05) is 12.1 Å². The predicted octanol–water partition coefficient (Wildman–Crippen LogP) is 2.71. The van der Waals surface area contributed by atoms with Crippen molar-refractivity contribution in [3.63, 3.8) is 0 Å². The van der Waals surface area contributed by atoms with E-state index in [4.69, 9.17) is 0 Å². The highest BCUT2D eigenvalue weighted by atomic mass is 79.9. The Morgan fingerprint density at radius 2 is 1.79 bits per heavy atom. The van der Waals surface area contributed by atoms with E-state index in [9.17, 15) is 9.90 Å². The molecule has 0 fully saturated rings. The molecule has 0 unspecified atom stereocenters. The summed E-state index contributed by atoms with van der Waals surface area (Å²) in [5, 5.41) is 9.69. The van der Waals surface area contributed by atoms with Crippen molar-refractivity contribution in [3.8, 4) is 0 Å². The maximum absolute atomic E-state index is 11.5. The van der Waals surface area contributed by atoms with Gasteiger partial charge in [0.25, 0.3) is 0 Å². The second-order valence-corrected chi connectivity index (χ2v) is 4.43. The SMILES string of the molecule is CC(C)C(=O)[C@@H](O)c1ccc(Br)cc1. The molecule has 0 spiro atoms. The number of hydrogen-bond acceptors (Lipinski definition) is 2. The van der Waals surface area contributed by atoms with E-state index >= 15 is 0 Å². The lowest BCUT2D eigenvalue weighted by Crippen LogP contribution is -2.17. The third-order valence-corrected chi connectivity index (χ3v) is 2.55. The summed E-state index contributed by atoms with van der Waals surface area (Å²) in [6.07, 6.45) is -0.997. The van der Waals surface area contributed by atoms with Gasteiger partial charge in [-0.2, -0.15) is 0 Å². The monoisotopic (exact) mass is 256 g/mol. The van der Waals surface area contributed by atoms with Gasteiger partial charge in [-0.25, -0.2) is 0 Å². The highest BCUT2D eigenvalue weighted by Gasteiger charge is 2.19. The lowest BCUT2D eigenvalue weighted by molar-refractivity contribution is -0.130. The molecule has 0 radical (unpaired) electrons. The zero-order valence-corrected chi connectivity index (χ0v) is 9.78. The lowest BCUT2D eigenvalue weighted by Gasteiger charge is -2.12. The molecule has 0 aliphatic heterocycles. The first-order chi connectivity index (χ1) is 6.52. The van der Waals surface area contributed by atoms with Crippen LogP contribution in [0.2, 0.25) is 0 Å². The number of carbonyl (C=O) groups excluding carboxylic acids is 1. The van der Waals surface area contributed by atoms with Gasteiger partial charge in [-0.15, -0.1) is 0 Å². The number of hydrogen-bond donors (Lipinski definition) is 1. The smallest absolute Gasteiger partial charge is 0.168 e. The van der Waals surface area contributed by atoms with Crippen molar-refractivity contribution >= 4 is 21.7 Å². The van der Waals surface area contributed by atoms with Crippen LogP contribution >= 0.6 is 15.9 Å². The number of aliphatic hydroxyl groups excluding tert-OH is 1. The van der Waals surface area contributed by atoms with Crippen molar-refractivity contribution in [1.29, 1.82) is 0 Å². The molecule has 0 amide bonds. The summed E-state index contributed by atoms with van der Waals surface area (Å²) in [6.45, 7) is 3.56. The standard InChI is InChI=1S/C11H13BrO2/c1-7(2)10(13)11(14)8-3-5-9(12)6-4-8/h3-7,11,14H,1-2H3/t11-/m0/s1. The molecule has 14 heavy (non-hydrogen) atoms. The largest absolute Gasteiger partial charge is 0.381 e. The van der Waals surface area contributed by atoms with Crippen LogP contribution in [0.25, 0.3) is 0 Å². The van der Waals surface area contributed by atoms with Gasteiger partial charge in [0.15, 0.2) is 5.78 Å². The van der Waals surface area contributed by atoms with Gasteiger partial charge < -0.3 is 5.11 Å². The molecule has 3 heteroatoms. The van der Waals surface area contributed by atoms with Crippen molar-refractivity contribution in [2.75, 3.05) is 0 Å².